The lowest BCUT2D eigenvalue weighted by atomic mass is 10.0. The Morgan fingerprint density at radius 3 is 2.94 bits per heavy atom. The molecule has 1 heterocycles. The van der Waals surface area contributed by atoms with E-state index in [1.807, 2.05) is 25.1 Å². The minimum Gasteiger partial charge on any atom is -0.507 e. The van der Waals surface area contributed by atoms with E-state index in [9.17, 15) is 5.11 Å². The summed E-state index contributed by atoms with van der Waals surface area (Å²) in [5.41, 5.74) is 1.92. The molecule has 0 amide bonds. The Bertz CT molecular complexity index is 429. The largest absolute Gasteiger partial charge is 0.507 e. The number of phenolic OH excluding ortho intramolecular Hbond substituents is 1. The van der Waals surface area contributed by atoms with Gasteiger partial charge in [-0.25, -0.2) is 0 Å². The van der Waals surface area contributed by atoms with E-state index in [1.54, 1.807) is 0 Å². The smallest absolute Gasteiger partial charge is 0.122 e. The van der Waals surface area contributed by atoms with Crippen molar-refractivity contribution >= 4 is 0 Å². The summed E-state index contributed by atoms with van der Waals surface area (Å²) in [6.45, 7) is 3.54. The third-order valence-electron chi connectivity index (χ3n) is 4.10. The zero-order valence-electron chi connectivity index (χ0n) is 10.9. The van der Waals surface area contributed by atoms with Crippen LogP contribution in [0.3, 0.4) is 0 Å². The van der Waals surface area contributed by atoms with E-state index >= 15 is 0 Å². The van der Waals surface area contributed by atoms with Crippen molar-refractivity contribution in [3.8, 4) is 5.75 Å². The molecule has 2 fully saturated rings. The zero-order valence-corrected chi connectivity index (χ0v) is 10.9. The normalized spacial score (nSPS) is 27.6. The van der Waals surface area contributed by atoms with Crippen molar-refractivity contribution in [2.24, 2.45) is 5.92 Å². The van der Waals surface area contributed by atoms with Crippen LogP contribution in [0.1, 0.15) is 30.4 Å². The fraction of sp³-hybridized carbons (Fsp3) is 0.600. The van der Waals surface area contributed by atoms with Gasteiger partial charge >= 0.3 is 0 Å². The summed E-state index contributed by atoms with van der Waals surface area (Å²) < 4.78 is 5.81. The molecular weight excluding hydrogens is 226 g/mol. The van der Waals surface area contributed by atoms with E-state index in [1.165, 1.54) is 12.8 Å². The van der Waals surface area contributed by atoms with E-state index in [-0.39, 0.29) is 0 Å². The van der Waals surface area contributed by atoms with Gasteiger partial charge in [0.05, 0.1) is 6.10 Å². The maximum absolute atomic E-state index is 9.99. The summed E-state index contributed by atoms with van der Waals surface area (Å²) in [7, 11) is 0. The van der Waals surface area contributed by atoms with Gasteiger partial charge in [-0.2, -0.15) is 0 Å². The molecule has 98 valence electrons. The van der Waals surface area contributed by atoms with Crippen molar-refractivity contribution in [1.82, 2.24) is 5.32 Å². The molecule has 2 N–H and O–H groups in total. The Morgan fingerprint density at radius 2 is 2.17 bits per heavy atom. The molecule has 3 nitrogen and oxygen atoms in total. The predicted octanol–water partition coefficient (Wildman–Crippen LogP) is 2.36. The number of hydrogen-bond acceptors (Lipinski definition) is 3. The highest BCUT2D eigenvalue weighted by Gasteiger charge is 2.40. The summed E-state index contributed by atoms with van der Waals surface area (Å²) in [6, 6.07) is 6.37. The summed E-state index contributed by atoms with van der Waals surface area (Å²) >= 11 is 0. The topological polar surface area (TPSA) is 41.5 Å². The van der Waals surface area contributed by atoms with Gasteiger partial charge in [0.15, 0.2) is 0 Å². The van der Waals surface area contributed by atoms with Gasteiger partial charge in [-0.15, -0.1) is 0 Å². The van der Waals surface area contributed by atoms with Crippen molar-refractivity contribution in [3.05, 3.63) is 29.3 Å². The van der Waals surface area contributed by atoms with Crippen LogP contribution < -0.4 is 5.32 Å². The fourth-order valence-corrected chi connectivity index (χ4v) is 2.82. The Kier molecular flexibility index (Phi) is 3.27. The third-order valence-corrected chi connectivity index (χ3v) is 4.10. The van der Waals surface area contributed by atoms with E-state index in [0.717, 1.165) is 36.6 Å². The first-order valence-electron chi connectivity index (χ1n) is 6.88. The minimum atomic E-state index is 0.400. The van der Waals surface area contributed by atoms with Gasteiger partial charge < -0.3 is 15.2 Å². The van der Waals surface area contributed by atoms with Crippen LogP contribution >= 0.6 is 0 Å². The molecule has 3 rings (SSSR count). The lowest BCUT2D eigenvalue weighted by Crippen LogP contribution is -2.37. The quantitative estimate of drug-likeness (QED) is 0.858. The summed E-state index contributed by atoms with van der Waals surface area (Å²) in [5.74, 6) is 1.20. The third kappa shape index (κ3) is 2.38. The molecule has 1 aliphatic heterocycles. The van der Waals surface area contributed by atoms with Crippen LogP contribution in [0.4, 0.5) is 0 Å². The molecule has 0 aromatic heterocycles. The summed E-state index contributed by atoms with van der Waals surface area (Å²) in [4.78, 5) is 0. The SMILES string of the molecule is Cc1cccc(CNC2CCOC2C2CC2)c1O. The van der Waals surface area contributed by atoms with Crippen LogP contribution in [-0.4, -0.2) is 23.9 Å². The molecule has 2 atom stereocenters. The second kappa shape index (κ2) is 4.90. The maximum Gasteiger partial charge on any atom is 0.122 e. The van der Waals surface area contributed by atoms with E-state index in [2.05, 4.69) is 5.32 Å². The number of nitrogens with one attached hydrogen (secondary N) is 1. The standard InChI is InChI=1S/C15H21NO2/c1-10-3-2-4-12(14(10)17)9-16-13-7-8-18-15(13)11-5-6-11/h2-4,11,13,15-17H,5-9H2,1H3. The maximum atomic E-state index is 9.99. The molecule has 1 aromatic rings. The summed E-state index contributed by atoms with van der Waals surface area (Å²) in [5, 5.41) is 13.5. The number of hydrogen-bond donors (Lipinski definition) is 2. The number of ether oxygens (including phenoxy) is 1. The number of aromatic hydroxyl groups is 1. The lowest BCUT2D eigenvalue weighted by molar-refractivity contribution is 0.0808. The monoisotopic (exact) mass is 247 g/mol. The van der Waals surface area contributed by atoms with Gasteiger partial charge in [-0.3, -0.25) is 0 Å². The molecule has 0 bridgehead atoms. The highest BCUT2D eigenvalue weighted by Crippen LogP contribution is 2.38. The van der Waals surface area contributed by atoms with Crippen molar-refractivity contribution in [3.63, 3.8) is 0 Å². The van der Waals surface area contributed by atoms with E-state index in [4.69, 9.17) is 4.74 Å². The number of rotatable bonds is 4. The average Bonchev–Trinajstić information content (AvgIpc) is 3.11. The molecule has 1 saturated heterocycles. The zero-order chi connectivity index (χ0) is 12.5. The second-order valence-electron chi connectivity index (χ2n) is 5.53. The van der Waals surface area contributed by atoms with Crippen LogP contribution in [0.15, 0.2) is 18.2 Å². The molecular formula is C15H21NO2. The lowest BCUT2D eigenvalue weighted by Gasteiger charge is -2.20. The molecule has 18 heavy (non-hydrogen) atoms. The Morgan fingerprint density at radius 1 is 1.33 bits per heavy atom. The van der Waals surface area contributed by atoms with Crippen LogP contribution in [-0.2, 0) is 11.3 Å². The van der Waals surface area contributed by atoms with Gasteiger partial charge in [-0.1, -0.05) is 18.2 Å². The first-order chi connectivity index (χ1) is 8.75. The molecule has 0 spiro atoms. The van der Waals surface area contributed by atoms with Crippen molar-refractivity contribution < 1.29 is 9.84 Å². The molecule has 2 aliphatic rings. The molecule has 1 aromatic carbocycles. The van der Waals surface area contributed by atoms with Gasteiger partial charge in [0, 0.05) is 24.8 Å². The number of phenols is 1. The Balaban J connectivity index is 1.61. The molecule has 3 heteroatoms. The molecule has 1 saturated carbocycles. The van der Waals surface area contributed by atoms with Gasteiger partial charge in [-0.05, 0) is 37.7 Å². The second-order valence-corrected chi connectivity index (χ2v) is 5.53. The molecule has 2 unspecified atom stereocenters. The van der Waals surface area contributed by atoms with Gasteiger partial charge in [0.25, 0.3) is 0 Å². The van der Waals surface area contributed by atoms with Crippen LogP contribution in [0.25, 0.3) is 0 Å². The van der Waals surface area contributed by atoms with Crippen molar-refractivity contribution in [1.29, 1.82) is 0 Å². The van der Waals surface area contributed by atoms with Gasteiger partial charge in [0.2, 0.25) is 0 Å². The minimum absolute atomic E-state index is 0.400. The highest BCUT2D eigenvalue weighted by molar-refractivity contribution is 5.39. The Hall–Kier alpha value is -1.06. The van der Waals surface area contributed by atoms with Crippen LogP contribution in [0, 0.1) is 12.8 Å². The molecule has 0 radical (unpaired) electrons. The number of benzene rings is 1. The highest BCUT2D eigenvalue weighted by atomic mass is 16.5. The van der Waals surface area contributed by atoms with Crippen LogP contribution in [0.5, 0.6) is 5.75 Å². The van der Waals surface area contributed by atoms with Crippen molar-refractivity contribution in [2.75, 3.05) is 6.61 Å². The average molecular weight is 247 g/mol. The van der Waals surface area contributed by atoms with Gasteiger partial charge in [0.1, 0.15) is 5.75 Å². The number of para-hydroxylation sites is 1. The van der Waals surface area contributed by atoms with E-state index in [0.29, 0.717) is 17.9 Å². The predicted molar refractivity (Wildman–Crippen MR) is 70.6 cm³/mol. The van der Waals surface area contributed by atoms with Crippen molar-refractivity contribution in [2.45, 2.75) is 44.9 Å². The first-order valence-corrected chi connectivity index (χ1v) is 6.88. The number of aryl methyl sites for hydroxylation is 1. The van der Waals surface area contributed by atoms with Crippen LogP contribution in [0.2, 0.25) is 0 Å². The Labute approximate surface area is 108 Å². The molecule has 1 aliphatic carbocycles. The fourth-order valence-electron chi connectivity index (χ4n) is 2.82. The first kappa shape index (κ1) is 12.0. The van der Waals surface area contributed by atoms with E-state index < -0.39 is 0 Å². The summed E-state index contributed by atoms with van der Waals surface area (Å²) in [6.07, 6.45) is 4.13.